The molecule has 0 heterocycles. The summed E-state index contributed by atoms with van der Waals surface area (Å²) in [7, 11) is 0. The maximum atomic E-state index is 7.43. The van der Waals surface area contributed by atoms with Gasteiger partial charge >= 0.3 is 0 Å². The molecule has 34 heavy (non-hydrogen) atoms. The van der Waals surface area contributed by atoms with E-state index >= 15 is 0 Å². The third kappa shape index (κ3) is 4.55. The maximum absolute atomic E-state index is 7.43. The van der Waals surface area contributed by atoms with Crippen molar-refractivity contribution in [2.75, 3.05) is 0 Å². The average Bonchev–Trinajstić information content (AvgIpc) is 2.92. The lowest BCUT2D eigenvalue weighted by Gasteiger charge is -2.20. The van der Waals surface area contributed by atoms with E-state index in [1.54, 1.807) is 0 Å². The fourth-order valence-corrected chi connectivity index (χ4v) is 3.79. The molecule has 0 heteroatoms. The summed E-state index contributed by atoms with van der Waals surface area (Å²) in [5, 5.41) is 0. The maximum Gasteiger partial charge on any atom is -0.00291 e. The van der Waals surface area contributed by atoms with Gasteiger partial charge in [-0.2, -0.15) is 0 Å². The molecule has 0 aliphatic carbocycles. The Labute approximate surface area is 202 Å². The first-order valence-electron chi connectivity index (χ1n) is 10.5. The zero-order valence-corrected chi connectivity index (χ0v) is 18.2. The van der Waals surface area contributed by atoms with Crippen LogP contribution in [-0.4, -0.2) is 0 Å². The Hall–Kier alpha value is -5.14. The van der Waals surface area contributed by atoms with Crippen molar-refractivity contribution in [3.63, 3.8) is 0 Å². The molecule has 4 aromatic rings. The molecule has 0 saturated carbocycles. The van der Waals surface area contributed by atoms with Crippen molar-refractivity contribution in [2.45, 2.75) is 0 Å². The van der Waals surface area contributed by atoms with Gasteiger partial charge in [-0.15, -0.1) is 70.8 Å². The third-order valence-corrected chi connectivity index (χ3v) is 5.52. The highest BCUT2D eigenvalue weighted by atomic mass is 14.2. The molecule has 0 nitrogen and oxygen atoms in total. The molecule has 4 rings (SSSR count). The van der Waals surface area contributed by atoms with Crippen LogP contribution in [-0.2, 0) is 0 Å². The van der Waals surface area contributed by atoms with Gasteiger partial charge < -0.3 is 25.7 Å². The lowest BCUT2D eigenvalue weighted by atomic mass is 9.85. The van der Waals surface area contributed by atoms with Crippen LogP contribution in [0.5, 0.6) is 0 Å². The largest absolute Gasteiger partial charge is 0.366 e. The Morgan fingerprint density at radius 3 is 0.647 bits per heavy atom. The normalized spacial score (nSPS) is 9.65. The molecule has 0 fully saturated rings. The summed E-state index contributed by atoms with van der Waals surface area (Å²) < 4.78 is 0. The van der Waals surface area contributed by atoms with Crippen LogP contribution in [0.25, 0.3) is 11.1 Å². The standard InChI is InChI=1S/C34H16/c1-5-25-9-17-29(18-10-25)33(30-19-11-26(6-2)12-20-30)34(31-21-13-27(7-3)14-22-31)32-23-15-28(8-4)16-24-32/h9-24H/q-4. The van der Waals surface area contributed by atoms with Crippen LogP contribution in [0.1, 0.15) is 44.5 Å². The van der Waals surface area contributed by atoms with Crippen molar-refractivity contribution >= 4 is 11.1 Å². The Morgan fingerprint density at radius 1 is 0.324 bits per heavy atom. The smallest absolute Gasteiger partial charge is 0.00291 e. The van der Waals surface area contributed by atoms with Gasteiger partial charge in [0.1, 0.15) is 0 Å². The second-order valence-corrected chi connectivity index (χ2v) is 7.56. The fourth-order valence-electron chi connectivity index (χ4n) is 3.79. The minimum absolute atomic E-state index is 0.690. The molecular formula is C34H16-4. The van der Waals surface area contributed by atoms with Gasteiger partial charge in [-0.05, 0) is 33.4 Å². The van der Waals surface area contributed by atoms with Gasteiger partial charge in [0.25, 0.3) is 0 Å². The number of hydrogen-bond acceptors (Lipinski definition) is 0. The molecular weight excluding hydrogens is 408 g/mol. The molecule has 0 unspecified atom stereocenters. The molecule has 0 bridgehead atoms. The highest BCUT2D eigenvalue weighted by molar-refractivity contribution is 6.04. The fraction of sp³-hybridized carbons (Fsp3) is 0. The number of hydrogen-bond donors (Lipinski definition) is 0. The predicted molar refractivity (Wildman–Crippen MR) is 136 cm³/mol. The first-order chi connectivity index (χ1) is 16.7. The second-order valence-electron chi connectivity index (χ2n) is 7.56. The van der Waals surface area contributed by atoms with E-state index < -0.39 is 0 Å². The summed E-state index contributed by atoms with van der Waals surface area (Å²) in [6.07, 6.45) is 29.7. The van der Waals surface area contributed by atoms with Gasteiger partial charge in [0.05, 0.1) is 0 Å². The van der Waals surface area contributed by atoms with Crippen LogP contribution in [0.4, 0.5) is 0 Å². The minimum Gasteiger partial charge on any atom is -0.366 e. The monoisotopic (exact) mass is 424 g/mol. The van der Waals surface area contributed by atoms with E-state index in [1.165, 1.54) is 0 Å². The molecule has 0 atom stereocenters. The van der Waals surface area contributed by atoms with Crippen molar-refractivity contribution in [1.29, 1.82) is 0 Å². The Bertz CT molecular complexity index is 1270. The van der Waals surface area contributed by atoms with Crippen molar-refractivity contribution in [3.8, 4) is 23.7 Å². The van der Waals surface area contributed by atoms with Crippen LogP contribution in [0.2, 0.25) is 0 Å². The topological polar surface area (TPSA) is 0 Å². The van der Waals surface area contributed by atoms with Crippen molar-refractivity contribution in [3.05, 3.63) is 167 Å². The van der Waals surface area contributed by atoms with E-state index in [0.29, 0.717) is 22.3 Å². The third-order valence-electron chi connectivity index (χ3n) is 5.52. The summed E-state index contributed by atoms with van der Waals surface area (Å²) >= 11 is 0. The van der Waals surface area contributed by atoms with Crippen LogP contribution < -0.4 is 0 Å². The van der Waals surface area contributed by atoms with Gasteiger partial charge in [-0.25, -0.2) is 0 Å². The Balaban J connectivity index is 2.08. The summed E-state index contributed by atoms with van der Waals surface area (Å²) in [5.41, 5.74) is 8.57. The van der Waals surface area contributed by atoms with Gasteiger partial charge in [-0.3, -0.25) is 23.7 Å². The lowest BCUT2D eigenvalue weighted by Crippen LogP contribution is -1.98. The van der Waals surface area contributed by atoms with Gasteiger partial charge in [-0.1, -0.05) is 48.5 Å². The summed E-state index contributed by atoms with van der Waals surface area (Å²) in [6, 6.07) is 30.7. The number of rotatable bonds is 4. The van der Waals surface area contributed by atoms with E-state index in [-0.39, 0.29) is 0 Å². The highest BCUT2D eigenvalue weighted by Gasteiger charge is 2.15. The SMILES string of the molecule is [C-]#Cc1ccc(C(=C(c2ccc(C#[C-])cc2)c2ccc(C#[C-])cc2)c2ccc(C#[C-])cc2)cc1. The molecule has 0 N–H and O–H groups in total. The first kappa shape index (κ1) is 22.1. The minimum atomic E-state index is 0.690. The van der Waals surface area contributed by atoms with E-state index in [2.05, 4.69) is 23.7 Å². The van der Waals surface area contributed by atoms with E-state index in [1.807, 2.05) is 97.1 Å². The lowest BCUT2D eigenvalue weighted by molar-refractivity contribution is 1.48. The van der Waals surface area contributed by atoms with Crippen LogP contribution in [0, 0.1) is 49.4 Å². The average molecular weight is 425 g/mol. The number of benzene rings is 4. The first-order valence-corrected chi connectivity index (χ1v) is 10.5. The molecule has 156 valence electrons. The van der Waals surface area contributed by atoms with Gasteiger partial charge in [0, 0.05) is 0 Å². The van der Waals surface area contributed by atoms with E-state index in [9.17, 15) is 0 Å². The zero-order chi connectivity index (χ0) is 23.9. The second kappa shape index (κ2) is 9.99. The summed E-state index contributed by atoms with van der Waals surface area (Å²) in [5.74, 6) is 9.69. The Morgan fingerprint density at radius 2 is 0.500 bits per heavy atom. The summed E-state index contributed by atoms with van der Waals surface area (Å²) in [4.78, 5) is 0. The van der Waals surface area contributed by atoms with E-state index in [4.69, 9.17) is 25.7 Å². The molecule has 0 aliphatic rings. The molecule has 4 aromatic carbocycles. The quantitative estimate of drug-likeness (QED) is 0.201. The highest BCUT2D eigenvalue weighted by Crippen LogP contribution is 2.37. The molecule has 0 radical (unpaired) electrons. The molecule has 0 aliphatic heterocycles. The predicted octanol–water partition coefficient (Wildman–Crippen LogP) is 6.45. The Kier molecular flexibility index (Phi) is 6.48. The van der Waals surface area contributed by atoms with Crippen molar-refractivity contribution in [1.82, 2.24) is 0 Å². The van der Waals surface area contributed by atoms with Gasteiger partial charge in [0.15, 0.2) is 0 Å². The van der Waals surface area contributed by atoms with Crippen LogP contribution in [0.3, 0.4) is 0 Å². The molecule has 0 amide bonds. The van der Waals surface area contributed by atoms with E-state index in [0.717, 1.165) is 33.4 Å². The van der Waals surface area contributed by atoms with Crippen LogP contribution >= 0.6 is 0 Å². The molecule has 0 aromatic heterocycles. The van der Waals surface area contributed by atoms with Crippen molar-refractivity contribution < 1.29 is 0 Å². The van der Waals surface area contributed by atoms with Gasteiger partial charge in [0.2, 0.25) is 0 Å². The zero-order valence-electron chi connectivity index (χ0n) is 18.2. The molecule has 0 saturated heterocycles. The van der Waals surface area contributed by atoms with Crippen molar-refractivity contribution in [2.24, 2.45) is 0 Å². The molecule has 0 spiro atoms. The van der Waals surface area contributed by atoms with Crippen LogP contribution in [0.15, 0.2) is 97.1 Å². The summed E-state index contributed by atoms with van der Waals surface area (Å²) in [6.45, 7) is 0.